The molecule has 1 aliphatic rings. The fourth-order valence-corrected chi connectivity index (χ4v) is 1.84. The molecule has 0 amide bonds. The van der Waals surface area contributed by atoms with Crippen molar-refractivity contribution in [3.8, 4) is 0 Å². The summed E-state index contributed by atoms with van der Waals surface area (Å²) in [6.07, 6.45) is 0.864. The minimum absolute atomic E-state index is 0.0968. The van der Waals surface area contributed by atoms with E-state index in [-0.39, 0.29) is 11.9 Å². The molecule has 1 aliphatic heterocycles. The van der Waals surface area contributed by atoms with Gasteiger partial charge in [0, 0.05) is 6.04 Å². The summed E-state index contributed by atoms with van der Waals surface area (Å²) in [5.74, 6) is -0.319. The first-order valence-corrected chi connectivity index (χ1v) is 4.90. The van der Waals surface area contributed by atoms with E-state index in [1.807, 2.05) is 0 Å². The Labute approximate surface area is 82.1 Å². The van der Waals surface area contributed by atoms with E-state index in [0.29, 0.717) is 5.56 Å². The largest absolute Gasteiger partial charge is 0.311 e. The van der Waals surface area contributed by atoms with Gasteiger partial charge in [-0.15, -0.1) is 0 Å². The van der Waals surface area contributed by atoms with E-state index in [9.17, 15) is 8.78 Å². The molecular formula is C11H13F2N. The molecule has 1 fully saturated rings. The lowest BCUT2D eigenvalue weighted by atomic mass is 10.0. The first-order valence-electron chi connectivity index (χ1n) is 4.90. The highest BCUT2D eigenvalue weighted by molar-refractivity contribution is 5.20. The van der Waals surface area contributed by atoms with E-state index >= 15 is 0 Å². The molecule has 76 valence electrons. The topological polar surface area (TPSA) is 12.0 Å². The lowest BCUT2D eigenvalue weighted by Gasteiger charge is -2.15. The number of hydrogen-bond acceptors (Lipinski definition) is 1. The Morgan fingerprint density at radius 2 is 2.00 bits per heavy atom. The number of alkyl halides is 1. The van der Waals surface area contributed by atoms with Crippen molar-refractivity contribution in [2.45, 2.75) is 25.1 Å². The third-order valence-electron chi connectivity index (χ3n) is 2.64. The zero-order valence-electron chi connectivity index (χ0n) is 7.84. The Morgan fingerprint density at radius 1 is 1.29 bits per heavy atom. The summed E-state index contributed by atoms with van der Waals surface area (Å²) in [6.45, 7) is 0.881. The summed E-state index contributed by atoms with van der Waals surface area (Å²) in [4.78, 5) is 0. The molecule has 1 saturated heterocycles. The SMILES string of the molecule is Fc1ccc(C(F)C2CCCN2)cc1. The summed E-state index contributed by atoms with van der Waals surface area (Å²) >= 11 is 0. The molecule has 0 aromatic heterocycles. The molecule has 2 rings (SSSR count). The van der Waals surface area contributed by atoms with E-state index in [0.717, 1.165) is 19.4 Å². The average molecular weight is 197 g/mol. The summed E-state index contributed by atoms with van der Waals surface area (Å²) in [7, 11) is 0. The molecule has 1 aromatic carbocycles. The van der Waals surface area contributed by atoms with Crippen LogP contribution in [-0.4, -0.2) is 12.6 Å². The maximum Gasteiger partial charge on any atom is 0.140 e. The molecule has 1 nitrogen and oxygen atoms in total. The molecule has 2 atom stereocenters. The van der Waals surface area contributed by atoms with Crippen LogP contribution in [0, 0.1) is 5.82 Å². The lowest BCUT2D eigenvalue weighted by Crippen LogP contribution is -2.26. The van der Waals surface area contributed by atoms with Gasteiger partial charge < -0.3 is 5.32 Å². The van der Waals surface area contributed by atoms with Gasteiger partial charge in [0.15, 0.2) is 0 Å². The van der Waals surface area contributed by atoms with Crippen LogP contribution in [0.4, 0.5) is 8.78 Å². The first kappa shape index (κ1) is 9.59. The van der Waals surface area contributed by atoms with Crippen LogP contribution in [0.15, 0.2) is 24.3 Å². The zero-order chi connectivity index (χ0) is 9.97. The Morgan fingerprint density at radius 3 is 2.57 bits per heavy atom. The smallest absolute Gasteiger partial charge is 0.140 e. The van der Waals surface area contributed by atoms with Crippen LogP contribution in [-0.2, 0) is 0 Å². The molecule has 14 heavy (non-hydrogen) atoms. The zero-order valence-corrected chi connectivity index (χ0v) is 7.84. The van der Waals surface area contributed by atoms with Crippen LogP contribution in [0.2, 0.25) is 0 Å². The number of halogens is 2. The van der Waals surface area contributed by atoms with E-state index in [4.69, 9.17) is 0 Å². The van der Waals surface area contributed by atoms with Gasteiger partial charge in [-0.3, -0.25) is 0 Å². The van der Waals surface area contributed by atoms with Crippen molar-refractivity contribution in [1.29, 1.82) is 0 Å². The summed E-state index contributed by atoms with van der Waals surface area (Å²) in [5, 5.41) is 3.10. The Bertz CT molecular complexity index is 291. The molecular weight excluding hydrogens is 184 g/mol. The number of rotatable bonds is 2. The van der Waals surface area contributed by atoms with Gasteiger partial charge >= 0.3 is 0 Å². The molecule has 1 heterocycles. The second-order valence-corrected chi connectivity index (χ2v) is 3.66. The highest BCUT2D eigenvalue weighted by Crippen LogP contribution is 2.26. The highest BCUT2D eigenvalue weighted by atomic mass is 19.1. The standard InChI is InChI=1S/C11H13F2N/c12-9-5-3-8(4-6-9)11(13)10-2-1-7-14-10/h3-6,10-11,14H,1-2,7H2. The first-order chi connectivity index (χ1) is 6.77. The Hall–Kier alpha value is -0.960. The predicted octanol–water partition coefficient (Wildman–Crippen LogP) is 2.59. The lowest BCUT2D eigenvalue weighted by molar-refractivity contribution is 0.271. The van der Waals surface area contributed by atoms with E-state index in [2.05, 4.69) is 5.32 Å². The van der Waals surface area contributed by atoms with Crippen LogP contribution >= 0.6 is 0 Å². The summed E-state index contributed by atoms with van der Waals surface area (Å²) in [6, 6.07) is 5.54. The van der Waals surface area contributed by atoms with Crippen LogP contribution < -0.4 is 5.32 Å². The normalized spacial score (nSPS) is 23.7. The number of nitrogens with one attached hydrogen (secondary N) is 1. The molecule has 0 saturated carbocycles. The quantitative estimate of drug-likeness (QED) is 0.768. The average Bonchev–Trinajstić information content (AvgIpc) is 2.71. The van der Waals surface area contributed by atoms with Crippen molar-refractivity contribution >= 4 is 0 Å². The molecule has 2 unspecified atom stereocenters. The summed E-state index contributed by atoms with van der Waals surface area (Å²) < 4.78 is 26.4. The minimum Gasteiger partial charge on any atom is -0.311 e. The van der Waals surface area contributed by atoms with Crippen LogP contribution in [0.3, 0.4) is 0 Å². The molecule has 0 bridgehead atoms. The number of hydrogen-bond donors (Lipinski definition) is 1. The van der Waals surface area contributed by atoms with E-state index in [1.165, 1.54) is 24.3 Å². The third-order valence-corrected chi connectivity index (χ3v) is 2.64. The van der Waals surface area contributed by atoms with Gasteiger partial charge in [0.05, 0.1) is 0 Å². The Balaban J connectivity index is 2.09. The predicted molar refractivity (Wildman–Crippen MR) is 51.3 cm³/mol. The molecule has 0 aliphatic carbocycles. The molecule has 1 N–H and O–H groups in total. The van der Waals surface area contributed by atoms with Crippen molar-refractivity contribution in [1.82, 2.24) is 5.32 Å². The van der Waals surface area contributed by atoms with Crippen molar-refractivity contribution in [2.24, 2.45) is 0 Å². The van der Waals surface area contributed by atoms with E-state index < -0.39 is 6.17 Å². The maximum atomic E-state index is 13.8. The van der Waals surface area contributed by atoms with Crippen molar-refractivity contribution < 1.29 is 8.78 Å². The van der Waals surface area contributed by atoms with Crippen LogP contribution in [0.25, 0.3) is 0 Å². The van der Waals surface area contributed by atoms with Gasteiger partial charge in [-0.2, -0.15) is 0 Å². The molecule has 3 heteroatoms. The molecule has 0 radical (unpaired) electrons. The van der Waals surface area contributed by atoms with Crippen LogP contribution in [0.1, 0.15) is 24.6 Å². The van der Waals surface area contributed by atoms with Crippen molar-refractivity contribution in [3.05, 3.63) is 35.6 Å². The van der Waals surface area contributed by atoms with Gasteiger partial charge in [-0.25, -0.2) is 8.78 Å². The van der Waals surface area contributed by atoms with Gasteiger partial charge in [0.25, 0.3) is 0 Å². The fraction of sp³-hybridized carbons (Fsp3) is 0.455. The summed E-state index contributed by atoms with van der Waals surface area (Å²) in [5.41, 5.74) is 0.561. The van der Waals surface area contributed by atoms with Crippen LogP contribution in [0.5, 0.6) is 0 Å². The number of benzene rings is 1. The van der Waals surface area contributed by atoms with E-state index in [1.54, 1.807) is 0 Å². The third kappa shape index (κ3) is 1.93. The Kier molecular flexibility index (Phi) is 2.77. The second-order valence-electron chi connectivity index (χ2n) is 3.66. The fourth-order valence-electron chi connectivity index (χ4n) is 1.84. The monoisotopic (exact) mass is 197 g/mol. The van der Waals surface area contributed by atoms with Crippen molar-refractivity contribution in [3.63, 3.8) is 0 Å². The molecule has 1 aromatic rings. The van der Waals surface area contributed by atoms with Gasteiger partial charge in [0.2, 0.25) is 0 Å². The second kappa shape index (κ2) is 4.05. The highest BCUT2D eigenvalue weighted by Gasteiger charge is 2.25. The van der Waals surface area contributed by atoms with Gasteiger partial charge in [0.1, 0.15) is 12.0 Å². The molecule has 0 spiro atoms. The van der Waals surface area contributed by atoms with Crippen molar-refractivity contribution in [2.75, 3.05) is 6.54 Å². The minimum atomic E-state index is -1.02. The van der Waals surface area contributed by atoms with Gasteiger partial charge in [-0.1, -0.05) is 12.1 Å². The maximum absolute atomic E-state index is 13.8. The van der Waals surface area contributed by atoms with Gasteiger partial charge in [-0.05, 0) is 37.1 Å².